The molecule has 15 heavy (non-hydrogen) atoms. The fourth-order valence-electron chi connectivity index (χ4n) is 1.31. The maximum absolute atomic E-state index is 8.70. The van der Waals surface area contributed by atoms with Crippen molar-refractivity contribution in [2.75, 3.05) is 13.2 Å². The Hall–Kier alpha value is -1.06. The number of hydrogen-bond acceptors (Lipinski definition) is 3. The van der Waals surface area contributed by atoms with E-state index in [9.17, 15) is 0 Å². The van der Waals surface area contributed by atoms with Crippen LogP contribution in [0.15, 0.2) is 18.2 Å². The molecular weight excluding hydrogens is 190 g/mol. The van der Waals surface area contributed by atoms with Gasteiger partial charge in [0.2, 0.25) is 0 Å². The van der Waals surface area contributed by atoms with E-state index in [1.54, 1.807) is 0 Å². The van der Waals surface area contributed by atoms with Crippen LogP contribution >= 0.6 is 0 Å². The average Bonchev–Trinajstić information content (AvgIpc) is 2.20. The Morgan fingerprint density at radius 2 is 2.13 bits per heavy atom. The Labute approximate surface area is 90.9 Å². The van der Waals surface area contributed by atoms with Crippen LogP contribution in [0.3, 0.4) is 0 Å². The number of aliphatic hydroxyl groups is 1. The zero-order valence-corrected chi connectivity index (χ0v) is 9.36. The summed E-state index contributed by atoms with van der Waals surface area (Å²) in [5, 5.41) is 8.70. The third-order valence-electron chi connectivity index (χ3n) is 2.30. The lowest BCUT2D eigenvalue weighted by molar-refractivity contribution is 0.233. The minimum atomic E-state index is -0.102. The normalized spacial score (nSPS) is 12.5. The van der Waals surface area contributed by atoms with Gasteiger partial charge in [-0.3, -0.25) is 0 Å². The molecule has 0 spiro atoms. The molecule has 0 aliphatic rings. The highest BCUT2D eigenvalue weighted by molar-refractivity contribution is 5.35. The molecule has 0 saturated heterocycles. The number of nitrogens with two attached hydrogens (primary N) is 1. The number of aryl methyl sites for hydroxylation is 2. The standard InChI is InChI=1S/C12H19NO2/c1-9-3-4-10(2)12(7-9)15-8-11(13)5-6-14/h3-4,7,11,14H,5-6,8,13H2,1-2H3. The van der Waals surface area contributed by atoms with E-state index in [1.165, 1.54) is 5.56 Å². The Morgan fingerprint density at radius 3 is 2.80 bits per heavy atom. The molecule has 3 nitrogen and oxygen atoms in total. The van der Waals surface area contributed by atoms with Crippen LogP contribution < -0.4 is 10.5 Å². The minimum Gasteiger partial charge on any atom is -0.492 e. The van der Waals surface area contributed by atoms with E-state index in [2.05, 4.69) is 6.07 Å². The SMILES string of the molecule is Cc1ccc(C)c(OCC(N)CCO)c1. The first-order valence-corrected chi connectivity index (χ1v) is 5.20. The van der Waals surface area contributed by atoms with Gasteiger partial charge >= 0.3 is 0 Å². The Morgan fingerprint density at radius 1 is 1.40 bits per heavy atom. The molecule has 1 aromatic carbocycles. The van der Waals surface area contributed by atoms with Gasteiger partial charge in [0.05, 0.1) is 0 Å². The summed E-state index contributed by atoms with van der Waals surface area (Å²) in [7, 11) is 0. The molecule has 0 aromatic heterocycles. The van der Waals surface area contributed by atoms with E-state index in [0.717, 1.165) is 11.3 Å². The minimum absolute atomic E-state index is 0.102. The van der Waals surface area contributed by atoms with E-state index in [4.69, 9.17) is 15.6 Å². The highest BCUT2D eigenvalue weighted by atomic mass is 16.5. The van der Waals surface area contributed by atoms with Gasteiger partial charge in [-0.2, -0.15) is 0 Å². The van der Waals surface area contributed by atoms with Crippen molar-refractivity contribution >= 4 is 0 Å². The van der Waals surface area contributed by atoms with Crippen molar-refractivity contribution in [3.05, 3.63) is 29.3 Å². The van der Waals surface area contributed by atoms with E-state index >= 15 is 0 Å². The Balaban J connectivity index is 2.53. The zero-order chi connectivity index (χ0) is 11.3. The van der Waals surface area contributed by atoms with Crippen molar-refractivity contribution < 1.29 is 9.84 Å². The molecule has 3 N–H and O–H groups in total. The van der Waals surface area contributed by atoms with Crippen LogP contribution in [0.2, 0.25) is 0 Å². The molecule has 0 aliphatic carbocycles. The van der Waals surface area contributed by atoms with Gasteiger partial charge in [0.25, 0.3) is 0 Å². The highest BCUT2D eigenvalue weighted by Crippen LogP contribution is 2.19. The maximum Gasteiger partial charge on any atom is 0.122 e. The molecular formula is C12H19NO2. The van der Waals surface area contributed by atoms with Crippen molar-refractivity contribution in [3.63, 3.8) is 0 Å². The summed E-state index contributed by atoms with van der Waals surface area (Å²) in [6.07, 6.45) is 0.574. The van der Waals surface area contributed by atoms with Crippen molar-refractivity contribution in [1.29, 1.82) is 0 Å². The lowest BCUT2D eigenvalue weighted by Crippen LogP contribution is -2.28. The molecule has 0 aliphatic heterocycles. The predicted octanol–water partition coefficient (Wildman–Crippen LogP) is 1.39. The summed E-state index contributed by atoms with van der Waals surface area (Å²) in [5.41, 5.74) is 8.02. The fourth-order valence-corrected chi connectivity index (χ4v) is 1.31. The summed E-state index contributed by atoms with van der Waals surface area (Å²) < 4.78 is 5.60. The van der Waals surface area contributed by atoms with Gasteiger partial charge in [0.15, 0.2) is 0 Å². The van der Waals surface area contributed by atoms with E-state index < -0.39 is 0 Å². The van der Waals surface area contributed by atoms with Crippen LogP contribution in [0.25, 0.3) is 0 Å². The molecule has 1 unspecified atom stereocenters. The lowest BCUT2D eigenvalue weighted by atomic mass is 10.1. The number of benzene rings is 1. The molecule has 0 radical (unpaired) electrons. The average molecular weight is 209 g/mol. The third-order valence-corrected chi connectivity index (χ3v) is 2.30. The van der Waals surface area contributed by atoms with E-state index in [-0.39, 0.29) is 12.6 Å². The summed E-state index contributed by atoms with van der Waals surface area (Å²) >= 11 is 0. The Bertz CT molecular complexity index is 312. The van der Waals surface area contributed by atoms with Gasteiger partial charge in [-0.05, 0) is 37.5 Å². The molecule has 84 valence electrons. The molecule has 0 bridgehead atoms. The second kappa shape index (κ2) is 5.73. The predicted molar refractivity (Wildman–Crippen MR) is 61.1 cm³/mol. The first kappa shape index (κ1) is 12.0. The van der Waals surface area contributed by atoms with Crippen LogP contribution in [0, 0.1) is 13.8 Å². The molecule has 0 saturated carbocycles. The van der Waals surface area contributed by atoms with Gasteiger partial charge in [-0.15, -0.1) is 0 Å². The second-order valence-electron chi connectivity index (χ2n) is 3.85. The number of rotatable bonds is 5. The first-order valence-electron chi connectivity index (χ1n) is 5.20. The van der Waals surface area contributed by atoms with Gasteiger partial charge in [0, 0.05) is 12.6 Å². The largest absolute Gasteiger partial charge is 0.492 e. The highest BCUT2D eigenvalue weighted by Gasteiger charge is 2.04. The number of aliphatic hydroxyl groups excluding tert-OH is 1. The number of hydrogen-bond donors (Lipinski definition) is 2. The van der Waals surface area contributed by atoms with Crippen LogP contribution in [0.5, 0.6) is 5.75 Å². The molecule has 3 heteroatoms. The third kappa shape index (κ3) is 3.90. The van der Waals surface area contributed by atoms with Crippen LogP contribution in [-0.4, -0.2) is 24.4 Å². The molecule has 0 heterocycles. The van der Waals surface area contributed by atoms with Gasteiger partial charge in [0.1, 0.15) is 12.4 Å². The van der Waals surface area contributed by atoms with Gasteiger partial charge < -0.3 is 15.6 Å². The second-order valence-corrected chi connectivity index (χ2v) is 3.85. The van der Waals surface area contributed by atoms with Crippen LogP contribution in [0.1, 0.15) is 17.5 Å². The maximum atomic E-state index is 8.70. The monoisotopic (exact) mass is 209 g/mol. The molecule has 0 amide bonds. The molecule has 1 rings (SSSR count). The molecule has 1 atom stereocenters. The van der Waals surface area contributed by atoms with Crippen LogP contribution in [0.4, 0.5) is 0 Å². The summed E-state index contributed by atoms with van der Waals surface area (Å²) in [6, 6.07) is 5.98. The number of ether oxygens (including phenoxy) is 1. The summed E-state index contributed by atoms with van der Waals surface area (Å²) in [6.45, 7) is 4.59. The zero-order valence-electron chi connectivity index (χ0n) is 9.36. The molecule has 0 fully saturated rings. The molecule has 1 aromatic rings. The topological polar surface area (TPSA) is 55.5 Å². The van der Waals surface area contributed by atoms with Crippen molar-refractivity contribution in [3.8, 4) is 5.75 Å². The van der Waals surface area contributed by atoms with Crippen LogP contribution in [-0.2, 0) is 0 Å². The smallest absolute Gasteiger partial charge is 0.122 e. The van der Waals surface area contributed by atoms with Crippen molar-refractivity contribution in [2.45, 2.75) is 26.3 Å². The fraction of sp³-hybridized carbons (Fsp3) is 0.500. The van der Waals surface area contributed by atoms with E-state index in [1.807, 2.05) is 26.0 Å². The van der Waals surface area contributed by atoms with Crippen molar-refractivity contribution in [2.24, 2.45) is 5.73 Å². The van der Waals surface area contributed by atoms with Crippen molar-refractivity contribution in [1.82, 2.24) is 0 Å². The lowest BCUT2D eigenvalue weighted by Gasteiger charge is -2.14. The quantitative estimate of drug-likeness (QED) is 0.770. The summed E-state index contributed by atoms with van der Waals surface area (Å²) in [4.78, 5) is 0. The summed E-state index contributed by atoms with van der Waals surface area (Å²) in [5.74, 6) is 0.878. The van der Waals surface area contributed by atoms with Gasteiger partial charge in [-0.1, -0.05) is 12.1 Å². The van der Waals surface area contributed by atoms with E-state index in [0.29, 0.717) is 13.0 Å². The van der Waals surface area contributed by atoms with Gasteiger partial charge in [-0.25, -0.2) is 0 Å². The first-order chi connectivity index (χ1) is 7.13. The Kier molecular flexibility index (Phi) is 4.59.